The van der Waals surface area contributed by atoms with Crippen LogP contribution in [0.5, 0.6) is 0 Å². The number of rotatable bonds is 3. The predicted octanol–water partition coefficient (Wildman–Crippen LogP) is 2.31. The zero-order valence-corrected chi connectivity index (χ0v) is 14.0. The van der Waals surface area contributed by atoms with E-state index in [-0.39, 0.29) is 29.9 Å². The van der Waals surface area contributed by atoms with Crippen molar-refractivity contribution < 1.29 is 14.3 Å². The lowest BCUT2D eigenvalue weighted by Gasteiger charge is -2.36. The van der Waals surface area contributed by atoms with Crippen LogP contribution in [0.15, 0.2) is 24.3 Å². The van der Waals surface area contributed by atoms with Crippen molar-refractivity contribution in [1.82, 2.24) is 4.90 Å². The molecule has 124 valence electrons. The topological polar surface area (TPSA) is 49.9 Å². The summed E-state index contributed by atoms with van der Waals surface area (Å²) in [5.74, 6) is 0.207. The number of carbonyl (C=O) groups excluding carboxylic acids is 2. The van der Waals surface area contributed by atoms with Crippen LogP contribution in [-0.2, 0) is 9.53 Å². The number of amides is 2. The Kier molecular flexibility index (Phi) is 4.39. The highest BCUT2D eigenvalue weighted by Crippen LogP contribution is 2.33. The van der Waals surface area contributed by atoms with Gasteiger partial charge in [-0.2, -0.15) is 0 Å². The summed E-state index contributed by atoms with van der Waals surface area (Å²) in [4.78, 5) is 28.8. The first-order valence-electron chi connectivity index (χ1n) is 8.28. The Morgan fingerprint density at radius 2 is 1.74 bits per heavy atom. The lowest BCUT2D eigenvalue weighted by atomic mass is 10.1. The number of para-hydroxylation sites is 1. The van der Waals surface area contributed by atoms with Gasteiger partial charge in [-0.1, -0.05) is 12.1 Å². The van der Waals surface area contributed by atoms with E-state index in [4.69, 9.17) is 4.74 Å². The maximum Gasteiger partial charge on any atom is 0.256 e. The van der Waals surface area contributed by atoms with Crippen LogP contribution in [0.2, 0.25) is 0 Å². The minimum absolute atomic E-state index is 0.0284. The highest BCUT2D eigenvalue weighted by Gasteiger charge is 2.34. The molecule has 1 saturated heterocycles. The minimum atomic E-state index is -0.0296. The lowest BCUT2D eigenvalue weighted by Crippen LogP contribution is -2.48. The third kappa shape index (κ3) is 3.39. The fourth-order valence-electron chi connectivity index (χ4n) is 3.18. The van der Waals surface area contributed by atoms with Gasteiger partial charge in [0, 0.05) is 26.1 Å². The number of carbonyl (C=O) groups is 2. The van der Waals surface area contributed by atoms with Gasteiger partial charge >= 0.3 is 0 Å². The van der Waals surface area contributed by atoms with E-state index in [9.17, 15) is 9.59 Å². The summed E-state index contributed by atoms with van der Waals surface area (Å²) in [5, 5.41) is 0. The number of hydrogen-bond donors (Lipinski definition) is 0. The summed E-state index contributed by atoms with van der Waals surface area (Å²) in [6, 6.07) is 7.37. The smallest absolute Gasteiger partial charge is 0.256 e. The molecule has 1 aromatic rings. The highest BCUT2D eigenvalue weighted by molar-refractivity contribution is 6.05. The summed E-state index contributed by atoms with van der Waals surface area (Å²) in [7, 11) is 1.76. The molecule has 23 heavy (non-hydrogen) atoms. The van der Waals surface area contributed by atoms with E-state index >= 15 is 0 Å². The minimum Gasteiger partial charge on any atom is -0.372 e. The number of ether oxygens (including phenoxy) is 1. The first kappa shape index (κ1) is 16.0. The molecule has 0 aromatic heterocycles. The van der Waals surface area contributed by atoms with Crippen molar-refractivity contribution in [3.63, 3.8) is 0 Å². The summed E-state index contributed by atoms with van der Waals surface area (Å²) in [6.45, 7) is 5.12. The molecular weight excluding hydrogens is 292 g/mol. The summed E-state index contributed by atoms with van der Waals surface area (Å²) in [6.07, 6.45) is 1.97. The molecule has 0 unspecified atom stereocenters. The monoisotopic (exact) mass is 316 g/mol. The molecule has 1 aromatic carbocycles. The number of anilines is 1. The van der Waals surface area contributed by atoms with E-state index in [0.29, 0.717) is 24.3 Å². The normalized spacial score (nSPS) is 24.4. The Morgan fingerprint density at radius 3 is 2.35 bits per heavy atom. The van der Waals surface area contributed by atoms with Crippen LogP contribution in [0.1, 0.15) is 37.0 Å². The number of nitrogens with zero attached hydrogens (tertiary/aromatic N) is 2. The number of hydrogen-bond acceptors (Lipinski definition) is 3. The summed E-state index contributed by atoms with van der Waals surface area (Å²) >= 11 is 0. The Hall–Kier alpha value is -1.88. The molecular formula is C18H24N2O3. The Morgan fingerprint density at radius 1 is 1.13 bits per heavy atom. The van der Waals surface area contributed by atoms with Gasteiger partial charge in [-0.25, -0.2) is 0 Å². The number of morpholine rings is 1. The molecule has 2 fully saturated rings. The average molecular weight is 316 g/mol. The molecule has 2 aliphatic rings. The lowest BCUT2D eigenvalue weighted by molar-refractivity contribution is -0.119. The van der Waals surface area contributed by atoms with Gasteiger partial charge in [0.25, 0.3) is 5.91 Å². The van der Waals surface area contributed by atoms with Crippen LogP contribution in [-0.4, -0.2) is 49.1 Å². The van der Waals surface area contributed by atoms with Gasteiger partial charge in [0.1, 0.15) is 0 Å². The molecule has 2 amide bonds. The molecule has 2 atom stereocenters. The van der Waals surface area contributed by atoms with Crippen LogP contribution in [0, 0.1) is 5.92 Å². The largest absolute Gasteiger partial charge is 0.372 e. The predicted molar refractivity (Wildman–Crippen MR) is 88.5 cm³/mol. The molecule has 1 aliphatic carbocycles. The van der Waals surface area contributed by atoms with Crippen LogP contribution in [0.25, 0.3) is 0 Å². The molecule has 0 N–H and O–H groups in total. The van der Waals surface area contributed by atoms with Gasteiger partial charge in [0.15, 0.2) is 0 Å². The second-order valence-electron chi connectivity index (χ2n) is 6.66. The van der Waals surface area contributed by atoms with E-state index in [2.05, 4.69) is 0 Å². The molecule has 3 rings (SSSR count). The van der Waals surface area contributed by atoms with Crippen LogP contribution >= 0.6 is 0 Å². The van der Waals surface area contributed by atoms with Crippen LogP contribution in [0.4, 0.5) is 5.69 Å². The first-order valence-corrected chi connectivity index (χ1v) is 8.28. The standard InChI is InChI=1S/C18H24N2O3/c1-12-10-20(11-13(2)23-12)18(22)15-6-4-5-7-16(15)19(3)17(21)14-8-9-14/h4-7,12-14H,8-11H2,1-3H3/t12-,13-/m1/s1. The zero-order valence-electron chi connectivity index (χ0n) is 14.0. The Labute approximate surface area is 137 Å². The summed E-state index contributed by atoms with van der Waals surface area (Å²) < 4.78 is 5.70. The highest BCUT2D eigenvalue weighted by atomic mass is 16.5. The van der Waals surface area contributed by atoms with Crippen molar-refractivity contribution in [2.45, 2.75) is 38.9 Å². The van der Waals surface area contributed by atoms with E-state index in [1.165, 1.54) is 0 Å². The molecule has 0 spiro atoms. The maximum atomic E-state index is 13.0. The fraction of sp³-hybridized carbons (Fsp3) is 0.556. The average Bonchev–Trinajstić information content (AvgIpc) is 3.36. The van der Waals surface area contributed by atoms with Gasteiger partial charge in [-0.3, -0.25) is 9.59 Å². The van der Waals surface area contributed by atoms with Gasteiger partial charge in [-0.15, -0.1) is 0 Å². The van der Waals surface area contributed by atoms with Crippen LogP contribution < -0.4 is 4.90 Å². The maximum absolute atomic E-state index is 13.0. The van der Waals surface area contributed by atoms with Crippen molar-refractivity contribution in [1.29, 1.82) is 0 Å². The van der Waals surface area contributed by atoms with E-state index in [1.807, 2.05) is 36.9 Å². The van der Waals surface area contributed by atoms with Crippen molar-refractivity contribution in [2.75, 3.05) is 25.0 Å². The molecule has 0 radical (unpaired) electrons. The molecule has 1 saturated carbocycles. The van der Waals surface area contributed by atoms with Crippen molar-refractivity contribution in [3.05, 3.63) is 29.8 Å². The first-order chi connectivity index (χ1) is 11.0. The Bertz CT molecular complexity index is 602. The second-order valence-corrected chi connectivity index (χ2v) is 6.66. The summed E-state index contributed by atoms with van der Waals surface area (Å²) in [5.41, 5.74) is 1.28. The fourth-order valence-corrected chi connectivity index (χ4v) is 3.18. The molecule has 5 nitrogen and oxygen atoms in total. The van der Waals surface area contributed by atoms with Gasteiger partial charge in [-0.05, 0) is 38.8 Å². The SMILES string of the molecule is C[C@@H]1CN(C(=O)c2ccccc2N(C)C(=O)C2CC2)C[C@@H](C)O1. The van der Waals surface area contributed by atoms with Crippen molar-refractivity contribution in [2.24, 2.45) is 5.92 Å². The molecule has 5 heteroatoms. The third-order valence-corrected chi connectivity index (χ3v) is 4.46. The second kappa shape index (κ2) is 6.32. The number of benzene rings is 1. The molecule has 1 heterocycles. The van der Waals surface area contributed by atoms with Crippen molar-refractivity contribution >= 4 is 17.5 Å². The van der Waals surface area contributed by atoms with E-state index in [0.717, 1.165) is 12.8 Å². The third-order valence-electron chi connectivity index (χ3n) is 4.46. The van der Waals surface area contributed by atoms with Gasteiger partial charge < -0.3 is 14.5 Å². The van der Waals surface area contributed by atoms with E-state index < -0.39 is 0 Å². The van der Waals surface area contributed by atoms with Crippen molar-refractivity contribution in [3.8, 4) is 0 Å². The van der Waals surface area contributed by atoms with E-state index in [1.54, 1.807) is 18.0 Å². The molecule has 1 aliphatic heterocycles. The van der Waals surface area contributed by atoms with Gasteiger partial charge in [0.2, 0.25) is 5.91 Å². The Balaban J connectivity index is 1.84. The quantitative estimate of drug-likeness (QED) is 0.860. The zero-order chi connectivity index (χ0) is 16.6. The van der Waals surface area contributed by atoms with Gasteiger partial charge in [0.05, 0.1) is 23.5 Å². The van der Waals surface area contributed by atoms with Crippen LogP contribution in [0.3, 0.4) is 0 Å². The molecule has 0 bridgehead atoms.